The molecule has 20 heavy (non-hydrogen) atoms. The molecule has 0 atom stereocenters. The lowest BCUT2D eigenvalue weighted by atomic mass is 9.95. The third-order valence-corrected chi connectivity index (χ3v) is 4.21. The number of fused-ring (bicyclic) bond motifs is 2. The van der Waals surface area contributed by atoms with E-state index in [0.29, 0.717) is 0 Å². The zero-order chi connectivity index (χ0) is 13.4. The number of anilines is 2. The van der Waals surface area contributed by atoms with Crippen molar-refractivity contribution in [2.45, 2.75) is 25.7 Å². The van der Waals surface area contributed by atoms with Crippen molar-refractivity contribution in [2.75, 3.05) is 11.4 Å². The van der Waals surface area contributed by atoms with Gasteiger partial charge in [0.1, 0.15) is 5.84 Å². The van der Waals surface area contributed by atoms with Crippen LogP contribution in [0.4, 0.5) is 11.4 Å². The van der Waals surface area contributed by atoms with Crippen LogP contribution < -0.4 is 4.90 Å². The molecule has 2 nitrogen and oxygen atoms in total. The molecule has 4 rings (SSSR count). The molecule has 0 saturated carbocycles. The van der Waals surface area contributed by atoms with Gasteiger partial charge in [0.05, 0.1) is 11.4 Å². The van der Waals surface area contributed by atoms with E-state index in [4.69, 9.17) is 4.99 Å². The molecule has 2 aliphatic rings. The van der Waals surface area contributed by atoms with Crippen LogP contribution in [0.5, 0.6) is 0 Å². The van der Waals surface area contributed by atoms with Crippen LogP contribution in [0, 0.1) is 0 Å². The van der Waals surface area contributed by atoms with Gasteiger partial charge in [0.25, 0.3) is 0 Å². The molecule has 0 fully saturated rings. The third kappa shape index (κ3) is 1.83. The molecule has 0 aliphatic carbocycles. The molecule has 0 saturated heterocycles. The molecular weight excluding hydrogens is 244 g/mol. The summed E-state index contributed by atoms with van der Waals surface area (Å²) < 4.78 is 0. The van der Waals surface area contributed by atoms with Crippen LogP contribution in [0.15, 0.2) is 53.5 Å². The summed E-state index contributed by atoms with van der Waals surface area (Å²) in [6.07, 6.45) is 4.58. The third-order valence-electron chi connectivity index (χ3n) is 4.21. The highest BCUT2D eigenvalue weighted by atomic mass is 15.2. The number of nitrogens with zero attached hydrogens (tertiary/aromatic N) is 2. The molecule has 0 radical (unpaired) electrons. The van der Waals surface area contributed by atoms with E-state index >= 15 is 0 Å². The second-order valence-corrected chi connectivity index (χ2v) is 5.52. The number of para-hydroxylation sites is 2. The summed E-state index contributed by atoms with van der Waals surface area (Å²) in [5.74, 6) is 1.23. The summed E-state index contributed by atoms with van der Waals surface area (Å²) in [5, 5.41) is 0. The predicted molar refractivity (Wildman–Crippen MR) is 84.0 cm³/mol. The standard InChI is InChI=1S/C18H18N2/c1-3-9-16-14(7-1)13-15-8-2-4-10-17(15)20(16)18-11-5-6-12-19-18/h1-4,7-10H,5-6,11-13H2. The highest BCUT2D eigenvalue weighted by molar-refractivity contribution is 6.06. The van der Waals surface area contributed by atoms with Crippen molar-refractivity contribution in [3.05, 3.63) is 59.7 Å². The zero-order valence-electron chi connectivity index (χ0n) is 11.5. The van der Waals surface area contributed by atoms with Crippen molar-refractivity contribution in [3.63, 3.8) is 0 Å². The van der Waals surface area contributed by atoms with E-state index in [2.05, 4.69) is 53.4 Å². The summed E-state index contributed by atoms with van der Waals surface area (Å²) in [5.41, 5.74) is 5.43. The number of hydrogen-bond donors (Lipinski definition) is 0. The van der Waals surface area contributed by atoms with E-state index in [1.807, 2.05) is 0 Å². The number of benzene rings is 2. The zero-order valence-corrected chi connectivity index (χ0v) is 11.5. The minimum atomic E-state index is 0.968. The molecule has 2 heterocycles. The fourth-order valence-electron chi connectivity index (χ4n) is 3.23. The van der Waals surface area contributed by atoms with Gasteiger partial charge in [-0.1, -0.05) is 36.4 Å². The minimum Gasteiger partial charge on any atom is -0.298 e. The van der Waals surface area contributed by atoms with Crippen LogP contribution in [-0.2, 0) is 6.42 Å². The molecule has 2 aliphatic heterocycles. The Kier molecular flexibility index (Phi) is 2.80. The van der Waals surface area contributed by atoms with Gasteiger partial charge in [0.15, 0.2) is 0 Å². The average Bonchev–Trinajstić information content (AvgIpc) is 2.53. The molecule has 0 N–H and O–H groups in total. The summed E-state index contributed by atoms with van der Waals surface area (Å²) in [6, 6.07) is 17.4. The molecule has 0 bridgehead atoms. The average molecular weight is 262 g/mol. The lowest BCUT2D eigenvalue weighted by Gasteiger charge is -2.35. The number of amidine groups is 1. The van der Waals surface area contributed by atoms with Gasteiger partial charge < -0.3 is 0 Å². The maximum atomic E-state index is 4.79. The van der Waals surface area contributed by atoms with Gasteiger partial charge in [-0.05, 0) is 36.1 Å². The van der Waals surface area contributed by atoms with Gasteiger partial charge in [-0.3, -0.25) is 9.89 Å². The molecule has 100 valence electrons. The van der Waals surface area contributed by atoms with Crippen LogP contribution in [0.1, 0.15) is 30.4 Å². The van der Waals surface area contributed by atoms with Crippen molar-refractivity contribution in [1.82, 2.24) is 0 Å². The van der Waals surface area contributed by atoms with Gasteiger partial charge in [0, 0.05) is 19.4 Å². The van der Waals surface area contributed by atoms with Gasteiger partial charge in [-0.25, -0.2) is 0 Å². The highest BCUT2D eigenvalue weighted by Crippen LogP contribution is 2.39. The summed E-state index contributed by atoms with van der Waals surface area (Å²) in [6.45, 7) is 0.968. The summed E-state index contributed by atoms with van der Waals surface area (Å²) in [7, 11) is 0. The normalized spacial score (nSPS) is 17.2. The summed E-state index contributed by atoms with van der Waals surface area (Å²) >= 11 is 0. The Bertz CT molecular complexity index is 627. The highest BCUT2D eigenvalue weighted by Gasteiger charge is 2.26. The van der Waals surface area contributed by atoms with Crippen LogP contribution in [0.2, 0.25) is 0 Å². The molecular formula is C18H18N2. The molecule has 2 aromatic rings. The Morgan fingerprint density at radius 1 is 0.800 bits per heavy atom. The lowest BCUT2D eigenvalue weighted by molar-refractivity contribution is 0.730. The van der Waals surface area contributed by atoms with E-state index in [1.54, 1.807) is 0 Å². The SMILES string of the molecule is c1ccc2c(c1)Cc1ccccc1N2C1=NCCCC1. The Morgan fingerprint density at radius 3 is 2.05 bits per heavy atom. The molecule has 0 aromatic heterocycles. The Balaban J connectivity index is 1.90. The largest absolute Gasteiger partial charge is 0.298 e. The van der Waals surface area contributed by atoms with Crippen molar-refractivity contribution in [3.8, 4) is 0 Å². The van der Waals surface area contributed by atoms with Gasteiger partial charge in [0.2, 0.25) is 0 Å². The molecule has 2 heteroatoms. The van der Waals surface area contributed by atoms with Crippen molar-refractivity contribution in [2.24, 2.45) is 4.99 Å². The number of aliphatic imine (C=N–C) groups is 1. The predicted octanol–water partition coefficient (Wildman–Crippen LogP) is 4.31. The van der Waals surface area contributed by atoms with E-state index < -0.39 is 0 Å². The smallest absolute Gasteiger partial charge is 0.108 e. The van der Waals surface area contributed by atoms with Crippen LogP contribution in [0.25, 0.3) is 0 Å². The van der Waals surface area contributed by atoms with Crippen molar-refractivity contribution in [1.29, 1.82) is 0 Å². The molecule has 2 aromatic carbocycles. The van der Waals surface area contributed by atoms with Crippen LogP contribution in [-0.4, -0.2) is 12.4 Å². The lowest BCUT2D eigenvalue weighted by Crippen LogP contribution is -2.31. The Labute approximate surface area is 119 Å². The molecule has 0 amide bonds. The quantitative estimate of drug-likeness (QED) is 0.690. The fourth-order valence-corrected chi connectivity index (χ4v) is 3.23. The first-order valence-electron chi connectivity index (χ1n) is 7.43. The van der Waals surface area contributed by atoms with Crippen LogP contribution >= 0.6 is 0 Å². The molecule has 0 unspecified atom stereocenters. The maximum absolute atomic E-state index is 4.79. The second kappa shape index (κ2) is 4.78. The number of hydrogen-bond acceptors (Lipinski definition) is 2. The number of rotatable bonds is 0. The Morgan fingerprint density at radius 2 is 1.45 bits per heavy atom. The van der Waals surface area contributed by atoms with Gasteiger partial charge in [-0.2, -0.15) is 0 Å². The van der Waals surface area contributed by atoms with Crippen molar-refractivity contribution >= 4 is 17.2 Å². The minimum absolute atomic E-state index is 0.968. The first-order chi connectivity index (χ1) is 9.93. The fraction of sp³-hybridized carbons (Fsp3) is 0.278. The maximum Gasteiger partial charge on any atom is 0.108 e. The van der Waals surface area contributed by atoms with Gasteiger partial charge >= 0.3 is 0 Å². The van der Waals surface area contributed by atoms with E-state index in [0.717, 1.165) is 19.4 Å². The molecule has 0 spiro atoms. The Hall–Kier alpha value is -2.09. The topological polar surface area (TPSA) is 15.6 Å². The first-order valence-corrected chi connectivity index (χ1v) is 7.43. The summed E-state index contributed by atoms with van der Waals surface area (Å²) in [4.78, 5) is 7.18. The monoisotopic (exact) mass is 262 g/mol. The van der Waals surface area contributed by atoms with Crippen LogP contribution in [0.3, 0.4) is 0 Å². The second-order valence-electron chi connectivity index (χ2n) is 5.52. The van der Waals surface area contributed by atoms with E-state index in [-0.39, 0.29) is 0 Å². The first kappa shape index (κ1) is 11.7. The van der Waals surface area contributed by atoms with Gasteiger partial charge in [-0.15, -0.1) is 0 Å². The van der Waals surface area contributed by atoms with Crippen molar-refractivity contribution < 1.29 is 0 Å². The van der Waals surface area contributed by atoms with E-state index in [9.17, 15) is 0 Å². The van der Waals surface area contributed by atoms with E-state index in [1.165, 1.54) is 41.2 Å².